The third-order valence-corrected chi connectivity index (χ3v) is 3.82. The highest BCUT2D eigenvalue weighted by Gasteiger charge is 2.07. The lowest BCUT2D eigenvalue weighted by Crippen LogP contribution is -1.98. The second kappa shape index (κ2) is 5.02. The number of imidazole rings is 1. The van der Waals surface area contributed by atoms with Crippen molar-refractivity contribution in [2.45, 2.75) is 12.8 Å². The minimum atomic E-state index is 0.914. The Kier molecular flexibility index (Phi) is 2.89. The van der Waals surface area contributed by atoms with Gasteiger partial charge in [0.15, 0.2) is 5.65 Å². The molecule has 2 aromatic carbocycles. The van der Waals surface area contributed by atoms with Crippen LogP contribution in [0.3, 0.4) is 0 Å². The molecular formula is C18H15N3. The molecule has 2 aromatic heterocycles. The van der Waals surface area contributed by atoms with E-state index in [0.717, 1.165) is 29.5 Å². The number of hydrogen-bond acceptors (Lipinski definition) is 2. The number of hydrogen-bond donors (Lipinski definition) is 0. The van der Waals surface area contributed by atoms with E-state index in [2.05, 4.69) is 50.8 Å². The Labute approximate surface area is 122 Å². The van der Waals surface area contributed by atoms with Gasteiger partial charge in [0.1, 0.15) is 0 Å². The van der Waals surface area contributed by atoms with E-state index < -0.39 is 0 Å². The normalized spacial score (nSPS) is 11.2. The molecule has 0 bridgehead atoms. The maximum atomic E-state index is 4.48. The van der Waals surface area contributed by atoms with Crippen molar-refractivity contribution in [2.24, 2.45) is 0 Å². The van der Waals surface area contributed by atoms with Gasteiger partial charge in [0.05, 0.1) is 17.2 Å². The Balaban J connectivity index is 1.77. The van der Waals surface area contributed by atoms with E-state index in [4.69, 9.17) is 0 Å². The highest BCUT2D eigenvalue weighted by atomic mass is 15.0. The van der Waals surface area contributed by atoms with Crippen molar-refractivity contribution in [3.8, 4) is 0 Å². The van der Waals surface area contributed by atoms with Crippen LogP contribution >= 0.6 is 0 Å². The maximum Gasteiger partial charge on any atom is 0.155 e. The number of rotatable bonds is 3. The largest absolute Gasteiger partial charge is 0.294 e. The van der Waals surface area contributed by atoms with Gasteiger partial charge in [-0.1, -0.05) is 42.5 Å². The van der Waals surface area contributed by atoms with Crippen LogP contribution in [0.25, 0.3) is 16.7 Å². The Hall–Kier alpha value is -2.68. The molecule has 0 aliphatic rings. The molecule has 4 rings (SSSR count). The second-order valence-electron chi connectivity index (χ2n) is 5.18. The zero-order chi connectivity index (χ0) is 14.1. The summed E-state index contributed by atoms with van der Waals surface area (Å²) in [4.78, 5) is 8.94. The number of para-hydroxylation sites is 2. The SMILES string of the molecule is c1ccc(CCc2cnc3cnc4ccccc4n23)cc1. The average molecular weight is 273 g/mol. The first kappa shape index (κ1) is 12.1. The molecule has 0 amide bonds. The molecule has 0 aliphatic heterocycles. The van der Waals surface area contributed by atoms with Crippen LogP contribution in [0.15, 0.2) is 67.0 Å². The van der Waals surface area contributed by atoms with Crippen molar-refractivity contribution in [1.82, 2.24) is 14.4 Å². The number of benzene rings is 2. The van der Waals surface area contributed by atoms with Crippen LogP contribution in [0.4, 0.5) is 0 Å². The molecule has 0 aliphatic carbocycles. The van der Waals surface area contributed by atoms with Crippen molar-refractivity contribution in [3.05, 3.63) is 78.2 Å². The van der Waals surface area contributed by atoms with Crippen LogP contribution < -0.4 is 0 Å². The van der Waals surface area contributed by atoms with Crippen LogP contribution in [0.2, 0.25) is 0 Å². The van der Waals surface area contributed by atoms with Crippen molar-refractivity contribution in [3.63, 3.8) is 0 Å². The van der Waals surface area contributed by atoms with Crippen LogP contribution in [0, 0.1) is 0 Å². The minimum absolute atomic E-state index is 0.914. The van der Waals surface area contributed by atoms with Gasteiger partial charge in [-0.05, 0) is 30.5 Å². The molecule has 0 fully saturated rings. The molecule has 21 heavy (non-hydrogen) atoms. The van der Waals surface area contributed by atoms with Gasteiger partial charge in [-0.3, -0.25) is 9.38 Å². The third kappa shape index (κ3) is 2.17. The van der Waals surface area contributed by atoms with E-state index in [0.29, 0.717) is 0 Å². The lowest BCUT2D eigenvalue weighted by molar-refractivity contribution is 0.905. The standard InChI is InChI=1S/C18H15N3/c1-2-6-14(7-3-1)10-11-15-12-20-18-13-19-16-8-4-5-9-17(16)21(15)18/h1-9,12-13H,10-11H2. The molecule has 0 unspecified atom stereocenters. The van der Waals surface area contributed by atoms with Gasteiger partial charge in [-0.15, -0.1) is 0 Å². The highest BCUT2D eigenvalue weighted by Crippen LogP contribution is 2.17. The first-order valence-electron chi connectivity index (χ1n) is 7.16. The van der Waals surface area contributed by atoms with Gasteiger partial charge >= 0.3 is 0 Å². The van der Waals surface area contributed by atoms with Crippen molar-refractivity contribution >= 4 is 16.7 Å². The summed E-state index contributed by atoms with van der Waals surface area (Å²) < 4.78 is 2.21. The van der Waals surface area contributed by atoms with Gasteiger partial charge in [0.25, 0.3) is 0 Å². The first-order valence-corrected chi connectivity index (χ1v) is 7.16. The Morgan fingerprint density at radius 1 is 0.762 bits per heavy atom. The molecule has 0 N–H and O–H groups in total. The van der Waals surface area contributed by atoms with Gasteiger partial charge in [-0.2, -0.15) is 0 Å². The molecule has 3 heteroatoms. The second-order valence-corrected chi connectivity index (χ2v) is 5.18. The summed E-state index contributed by atoms with van der Waals surface area (Å²) >= 11 is 0. The fourth-order valence-electron chi connectivity index (χ4n) is 2.76. The fraction of sp³-hybridized carbons (Fsp3) is 0.111. The van der Waals surface area contributed by atoms with Crippen LogP contribution in [-0.4, -0.2) is 14.4 Å². The van der Waals surface area contributed by atoms with E-state index in [9.17, 15) is 0 Å². The molecule has 2 heterocycles. The predicted octanol–water partition coefficient (Wildman–Crippen LogP) is 3.67. The van der Waals surface area contributed by atoms with E-state index in [-0.39, 0.29) is 0 Å². The first-order chi connectivity index (χ1) is 10.4. The Morgan fingerprint density at radius 2 is 1.57 bits per heavy atom. The molecule has 4 aromatic rings. The van der Waals surface area contributed by atoms with E-state index in [1.807, 2.05) is 30.6 Å². The van der Waals surface area contributed by atoms with Gasteiger partial charge in [0.2, 0.25) is 0 Å². The van der Waals surface area contributed by atoms with Gasteiger partial charge < -0.3 is 0 Å². The smallest absolute Gasteiger partial charge is 0.155 e. The van der Waals surface area contributed by atoms with Gasteiger partial charge in [0, 0.05) is 11.9 Å². The molecule has 0 spiro atoms. The molecule has 3 nitrogen and oxygen atoms in total. The minimum Gasteiger partial charge on any atom is -0.294 e. The monoisotopic (exact) mass is 273 g/mol. The summed E-state index contributed by atoms with van der Waals surface area (Å²) in [5, 5.41) is 0. The summed E-state index contributed by atoms with van der Waals surface area (Å²) in [7, 11) is 0. The van der Waals surface area contributed by atoms with Gasteiger partial charge in [-0.25, -0.2) is 4.98 Å². The lowest BCUT2D eigenvalue weighted by atomic mass is 10.1. The number of fused-ring (bicyclic) bond motifs is 3. The van der Waals surface area contributed by atoms with E-state index >= 15 is 0 Å². The predicted molar refractivity (Wildman–Crippen MR) is 84.3 cm³/mol. The van der Waals surface area contributed by atoms with E-state index in [1.54, 1.807) is 0 Å². The average Bonchev–Trinajstić information content (AvgIpc) is 2.97. The van der Waals surface area contributed by atoms with Crippen molar-refractivity contribution < 1.29 is 0 Å². The zero-order valence-electron chi connectivity index (χ0n) is 11.6. The molecule has 0 radical (unpaired) electrons. The topological polar surface area (TPSA) is 30.2 Å². The Morgan fingerprint density at radius 3 is 2.48 bits per heavy atom. The lowest BCUT2D eigenvalue weighted by Gasteiger charge is -2.06. The number of nitrogens with zero attached hydrogens (tertiary/aromatic N) is 3. The molecule has 0 saturated carbocycles. The summed E-state index contributed by atoms with van der Waals surface area (Å²) in [6.07, 6.45) is 5.80. The zero-order valence-corrected chi connectivity index (χ0v) is 11.6. The van der Waals surface area contributed by atoms with Crippen LogP contribution in [-0.2, 0) is 12.8 Å². The molecular weight excluding hydrogens is 258 g/mol. The molecule has 102 valence electrons. The summed E-state index contributed by atoms with van der Waals surface area (Å²) in [6.45, 7) is 0. The van der Waals surface area contributed by atoms with Crippen LogP contribution in [0.5, 0.6) is 0 Å². The summed E-state index contributed by atoms with van der Waals surface area (Å²) in [5.41, 5.74) is 5.62. The van der Waals surface area contributed by atoms with Crippen molar-refractivity contribution in [2.75, 3.05) is 0 Å². The summed E-state index contributed by atoms with van der Waals surface area (Å²) in [5.74, 6) is 0. The van der Waals surface area contributed by atoms with Crippen LogP contribution in [0.1, 0.15) is 11.3 Å². The molecule has 0 atom stereocenters. The Bertz CT molecular complexity index is 894. The summed E-state index contributed by atoms with van der Waals surface area (Å²) in [6, 6.07) is 18.8. The number of aromatic nitrogens is 3. The third-order valence-electron chi connectivity index (χ3n) is 3.82. The molecule has 0 saturated heterocycles. The van der Waals surface area contributed by atoms with E-state index in [1.165, 1.54) is 11.3 Å². The quantitative estimate of drug-likeness (QED) is 0.570. The highest BCUT2D eigenvalue weighted by molar-refractivity contribution is 5.77. The fourth-order valence-corrected chi connectivity index (χ4v) is 2.76. The van der Waals surface area contributed by atoms with Crippen molar-refractivity contribution in [1.29, 1.82) is 0 Å². The number of aryl methyl sites for hydroxylation is 2. The maximum absolute atomic E-state index is 4.48.